The van der Waals surface area contributed by atoms with E-state index in [1.54, 1.807) is 45.2 Å². The third-order valence-corrected chi connectivity index (χ3v) is 17.0. The van der Waals surface area contributed by atoms with E-state index in [9.17, 15) is 58.8 Å². The highest BCUT2D eigenvalue weighted by Crippen LogP contribution is 2.49. The van der Waals surface area contributed by atoms with E-state index in [1.165, 1.54) is 40.1 Å². The lowest BCUT2D eigenvalue weighted by molar-refractivity contribution is -0.162. The molecule has 490 valence electrons. The average Bonchev–Trinajstić information content (AvgIpc) is 1.75. The van der Waals surface area contributed by atoms with Crippen molar-refractivity contribution in [3.05, 3.63) is 82.5 Å². The molecule has 7 amide bonds. The number of benzene rings is 2. The Morgan fingerprint density at radius 1 is 0.910 bits per heavy atom. The maximum atomic E-state index is 14.5. The molecule has 4 bridgehead atoms. The summed E-state index contributed by atoms with van der Waals surface area (Å²) in [6.07, 6.45) is -0.528. The van der Waals surface area contributed by atoms with Crippen LogP contribution < -0.4 is 25.7 Å². The third kappa shape index (κ3) is 18.0. The van der Waals surface area contributed by atoms with Gasteiger partial charge >= 0.3 is 12.1 Å². The van der Waals surface area contributed by atoms with Gasteiger partial charge in [-0.05, 0) is 69.5 Å². The highest BCUT2D eigenvalue weighted by Gasteiger charge is 2.64. The maximum absolute atomic E-state index is 14.5. The monoisotopic (exact) mass is 1270 g/mol. The topological polar surface area (TPSA) is 327 Å². The summed E-state index contributed by atoms with van der Waals surface area (Å²) in [5.41, 5.74) is 3.52. The lowest BCUT2D eigenvalue weighted by atomic mass is 9.83. The molecule has 3 aliphatic rings. The number of aromatic nitrogens is 1. The highest BCUT2D eigenvalue weighted by molar-refractivity contribution is 6.35. The van der Waals surface area contributed by atoms with E-state index in [2.05, 4.69) is 16.1 Å². The Morgan fingerprint density at radius 3 is 2.21 bits per heavy atom. The van der Waals surface area contributed by atoms with Crippen molar-refractivity contribution in [2.45, 2.75) is 115 Å². The number of hydrogen-bond donors (Lipinski definition) is 7. The van der Waals surface area contributed by atoms with Crippen LogP contribution in [-0.4, -0.2) is 247 Å². The molecule has 8 unspecified atom stereocenters. The van der Waals surface area contributed by atoms with E-state index < -0.39 is 141 Å². The van der Waals surface area contributed by atoms with E-state index in [0.717, 1.165) is 47.3 Å². The highest BCUT2D eigenvalue weighted by atomic mass is 35.5. The number of amides is 7. The lowest BCUT2D eigenvalue weighted by Gasteiger charge is -2.42. The zero-order chi connectivity index (χ0) is 65.5. The smallest absolute Gasteiger partial charge is 0.409 e. The van der Waals surface area contributed by atoms with Crippen LogP contribution in [0.5, 0.6) is 5.75 Å². The van der Waals surface area contributed by atoms with Crippen LogP contribution in [0, 0.1) is 5.92 Å². The van der Waals surface area contributed by atoms with E-state index in [1.807, 2.05) is 60.0 Å². The van der Waals surface area contributed by atoms with Crippen molar-refractivity contribution in [2.75, 3.05) is 113 Å². The fraction of sp³-hybridized carbons (Fsp3) is 0.574. The van der Waals surface area contributed by atoms with Gasteiger partial charge in [-0.3, -0.25) is 39.5 Å². The number of aliphatic hydroxyl groups is 4. The number of carbonyl (C=O) groups is 8. The molecule has 4 heterocycles. The molecule has 89 heavy (non-hydrogen) atoms. The number of para-hydroxylation sites is 1. The van der Waals surface area contributed by atoms with Crippen LogP contribution in [0.4, 0.5) is 10.5 Å². The van der Waals surface area contributed by atoms with Crippen LogP contribution in [0.3, 0.4) is 0 Å². The van der Waals surface area contributed by atoms with Crippen LogP contribution >= 0.6 is 11.6 Å². The molecule has 7 N–H and O–H groups in total. The van der Waals surface area contributed by atoms with E-state index >= 15 is 0 Å². The number of ether oxygens (including phenoxy) is 5. The summed E-state index contributed by atoms with van der Waals surface area (Å²) in [4.78, 5) is 116. The first kappa shape index (κ1) is 70.9. The van der Waals surface area contributed by atoms with Gasteiger partial charge in [-0.15, -0.1) is 0 Å². The summed E-state index contributed by atoms with van der Waals surface area (Å²) in [5, 5.41) is 49.9. The number of hydrogen-bond acceptors (Lipinski definition) is 19. The Kier molecular flexibility index (Phi) is 25.5. The molecule has 2 aromatic carbocycles. The van der Waals surface area contributed by atoms with Gasteiger partial charge in [0.25, 0.3) is 0 Å². The van der Waals surface area contributed by atoms with Gasteiger partial charge in [0.05, 0.1) is 71.3 Å². The Bertz CT molecular complexity index is 3090. The summed E-state index contributed by atoms with van der Waals surface area (Å²) < 4.78 is 31.5. The second-order valence-corrected chi connectivity index (χ2v) is 23.2. The predicted octanol–water partition coefficient (Wildman–Crippen LogP) is 1.09. The number of nitrogens with zero attached hydrogens (tertiary/aromatic N) is 7. The van der Waals surface area contributed by atoms with Crippen molar-refractivity contribution in [1.29, 1.82) is 0 Å². The number of esters is 1. The summed E-state index contributed by atoms with van der Waals surface area (Å²) in [6, 6.07) is 12.0. The number of carbonyl (C=O) groups excluding carboxylic acids is 8. The summed E-state index contributed by atoms with van der Waals surface area (Å²) in [5.74, 6) is -5.15. The van der Waals surface area contributed by atoms with E-state index in [0.29, 0.717) is 30.9 Å². The van der Waals surface area contributed by atoms with Crippen LogP contribution in [0.15, 0.2) is 66.3 Å². The minimum Gasteiger partial charge on any atom is -0.495 e. The Morgan fingerprint density at radius 2 is 1.56 bits per heavy atom. The van der Waals surface area contributed by atoms with Gasteiger partial charge in [0, 0.05) is 97.4 Å². The van der Waals surface area contributed by atoms with Gasteiger partial charge < -0.3 is 78.5 Å². The number of aliphatic hydroxyl groups excluding tert-OH is 3. The van der Waals surface area contributed by atoms with Gasteiger partial charge in [0.2, 0.25) is 35.4 Å². The van der Waals surface area contributed by atoms with Gasteiger partial charge in [-0.1, -0.05) is 60.5 Å². The summed E-state index contributed by atoms with van der Waals surface area (Å²) >= 11 is 6.84. The largest absolute Gasteiger partial charge is 0.495 e. The van der Waals surface area contributed by atoms with Crippen molar-refractivity contribution in [3.8, 4) is 5.75 Å². The first-order valence-corrected chi connectivity index (χ1v) is 29.9. The Labute approximate surface area is 523 Å². The number of epoxide rings is 1. The Balaban J connectivity index is 1.10. The standard InChI is InChI=1S/C61H87ClN10O17/c1-38-14-13-17-48(86-10)61(84)33-47(87-59(83)65-61)39(2)57-60(4,89-57)49(32-52(78)68(8)45-29-41(28-38)30-46(85-9)56(45)62)88-58(82)40(3)67(7)51(77)19-20-69(22-25-73)54(80)36-71(24-27-75)55(81)37-70(23-26-74)53(79)34-64-50(76)18-21-72-43(35-66(6)63-5)31-42-15-11-12-16-44(42)72/h11-17,29-31,39-40,47-49,57,63,73-75,84H,18-28,32-37H2,1-10H3,(H,64,76)(H,65,83). The first-order chi connectivity index (χ1) is 42.3. The molecule has 2 saturated heterocycles. The number of methoxy groups -OCH3 is 2. The minimum atomic E-state index is -1.93. The van der Waals surface area contributed by atoms with Crippen molar-refractivity contribution in [3.63, 3.8) is 0 Å². The second kappa shape index (κ2) is 32.0. The van der Waals surface area contributed by atoms with E-state index in [-0.39, 0.29) is 50.5 Å². The van der Waals surface area contributed by atoms with Crippen molar-refractivity contribution >= 4 is 75.7 Å². The van der Waals surface area contributed by atoms with Gasteiger partial charge in [-0.2, -0.15) is 0 Å². The number of halogens is 1. The zero-order valence-corrected chi connectivity index (χ0v) is 53.1. The zero-order valence-electron chi connectivity index (χ0n) is 52.4. The lowest BCUT2D eigenvalue weighted by Crippen LogP contribution is -2.63. The van der Waals surface area contributed by atoms with Gasteiger partial charge in [-0.25, -0.2) is 14.6 Å². The molecule has 0 radical (unpaired) electrons. The summed E-state index contributed by atoms with van der Waals surface area (Å²) in [7, 11) is 9.36. The van der Waals surface area contributed by atoms with Crippen molar-refractivity contribution in [1.82, 2.24) is 45.2 Å². The van der Waals surface area contributed by atoms with Crippen molar-refractivity contribution in [2.24, 2.45) is 5.92 Å². The first-order valence-electron chi connectivity index (χ1n) is 29.5. The molecule has 3 aromatic rings. The molecule has 28 heteroatoms. The average molecular weight is 1270 g/mol. The predicted molar refractivity (Wildman–Crippen MR) is 327 cm³/mol. The molecule has 0 aliphatic carbocycles. The SMILES string of the molecule is CNN(C)Cc1cc2ccccc2n1CCC(=O)NCC(=O)N(CCO)CC(=O)N(CCO)CC(=O)N(CCO)CCC(=O)N(C)C(C)C(=O)OC1CC(=O)N(C)c2cc(cc(OC)c2Cl)CC(C)=CC=CC(OC)C2(O)CC(OC(=O)N2)C(C)C2OC12C. The molecule has 3 aliphatic heterocycles. The fourth-order valence-corrected chi connectivity index (χ4v) is 11.3. The number of hydrazine groups is 1. The van der Waals surface area contributed by atoms with Gasteiger partial charge in [0.1, 0.15) is 40.7 Å². The van der Waals surface area contributed by atoms with Gasteiger partial charge in [0.15, 0.2) is 5.72 Å². The number of rotatable bonds is 26. The van der Waals surface area contributed by atoms with Crippen molar-refractivity contribution < 1.29 is 82.5 Å². The fourth-order valence-electron chi connectivity index (χ4n) is 11.0. The van der Waals surface area contributed by atoms with Crippen LogP contribution in [0.25, 0.3) is 10.9 Å². The number of aryl methyl sites for hydroxylation is 1. The molecule has 1 aromatic heterocycles. The number of nitrogens with one attached hydrogen (secondary N) is 3. The number of likely N-dealkylation sites (N-methyl/N-ethyl adjacent to an activating group) is 1. The molecule has 27 nitrogen and oxygen atoms in total. The molecule has 0 saturated carbocycles. The molecule has 8 atom stereocenters. The molecular formula is C61H87ClN10O17. The van der Waals surface area contributed by atoms with Crippen LogP contribution in [-0.2, 0) is 72.0 Å². The normalized spacial score (nSPS) is 22.3. The molecule has 2 fully saturated rings. The number of alkyl carbamates (subject to hydrolysis) is 1. The molecule has 6 rings (SSSR count). The number of anilines is 1. The quantitative estimate of drug-likeness (QED) is 0.0336. The van der Waals surface area contributed by atoms with Crippen LogP contribution in [0.2, 0.25) is 5.02 Å². The van der Waals surface area contributed by atoms with E-state index in [4.69, 9.17) is 35.3 Å². The number of allylic oxidation sites excluding steroid dienone is 3. The molecular weight excluding hydrogens is 1180 g/mol. The Hall–Kier alpha value is -7.21. The third-order valence-electron chi connectivity index (χ3n) is 16.6. The van der Waals surface area contributed by atoms with Crippen LogP contribution in [0.1, 0.15) is 64.6 Å². The summed E-state index contributed by atoms with van der Waals surface area (Å²) in [6.45, 7) is 2.84. The molecule has 0 spiro atoms. The second-order valence-electron chi connectivity index (χ2n) is 22.8. The number of fused-ring (bicyclic) bond motifs is 6. The minimum absolute atomic E-state index is 0.0246. The maximum Gasteiger partial charge on any atom is 0.409 e.